The van der Waals surface area contributed by atoms with Gasteiger partial charge in [0.2, 0.25) is 0 Å². The summed E-state index contributed by atoms with van der Waals surface area (Å²) in [5, 5.41) is 8.99. The van der Waals surface area contributed by atoms with Gasteiger partial charge in [-0.2, -0.15) is 0 Å². The molecule has 0 saturated carbocycles. The summed E-state index contributed by atoms with van der Waals surface area (Å²) >= 11 is 0. The Bertz CT molecular complexity index is 606. The number of aromatic carboxylic acids is 1. The van der Waals surface area contributed by atoms with Gasteiger partial charge in [-0.25, -0.2) is 9.78 Å². The fourth-order valence-electron chi connectivity index (χ4n) is 2.43. The molecule has 0 atom stereocenters. The number of carbonyl (C=O) groups is 1. The van der Waals surface area contributed by atoms with Crippen LogP contribution in [0.15, 0.2) is 36.8 Å². The van der Waals surface area contributed by atoms with Crippen molar-refractivity contribution in [3.8, 4) is 0 Å². The first-order chi connectivity index (χ1) is 9.22. The fourth-order valence-corrected chi connectivity index (χ4v) is 2.43. The monoisotopic (exact) mass is 257 g/mol. The molecule has 0 fully saturated rings. The Labute approximate surface area is 111 Å². The molecule has 2 aromatic rings. The van der Waals surface area contributed by atoms with Crippen molar-refractivity contribution >= 4 is 5.97 Å². The van der Waals surface area contributed by atoms with Gasteiger partial charge in [0.05, 0.1) is 17.6 Å². The number of fused-ring (bicyclic) bond motifs is 1. The number of hydrogen-bond acceptors (Lipinski definition) is 3. The van der Waals surface area contributed by atoms with Gasteiger partial charge in [0.15, 0.2) is 0 Å². The number of benzene rings is 1. The predicted octanol–water partition coefficient (Wildman–Crippen LogP) is 1.60. The van der Waals surface area contributed by atoms with Crippen LogP contribution in [-0.4, -0.2) is 32.1 Å². The van der Waals surface area contributed by atoms with E-state index in [9.17, 15) is 4.79 Å². The average molecular weight is 257 g/mol. The van der Waals surface area contributed by atoms with Crippen LogP contribution in [0.4, 0.5) is 0 Å². The van der Waals surface area contributed by atoms with Crippen LogP contribution in [0.1, 0.15) is 21.6 Å². The topological polar surface area (TPSA) is 58.4 Å². The molecular weight excluding hydrogens is 242 g/mol. The first kappa shape index (κ1) is 11.9. The molecule has 1 aliphatic rings. The summed E-state index contributed by atoms with van der Waals surface area (Å²) in [5.41, 5.74) is 2.59. The largest absolute Gasteiger partial charge is 0.478 e. The van der Waals surface area contributed by atoms with E-state index in [2.05, 4.69) is 14.5 Å². The van der Waals surface area contributed by atoms with Crippen LogP contribution in [0.25, 0.3) is 0 Å². The number of carboxylic acids is 1. The van der Waals surface area contributed by atoms with Crippen LogP contribution in [0.2, 0.25) is 0 Å². The van der Waals surface area contributed by atoms with Crippen molar-refractivity contribution in [3.05, 3.63) is 53.6 Å². The summed E-state index contributed by atoms with van der Waals surface area (Å²) in [5.74, 6) is -0.876. The van der Waals surface area contributed by atoms with Crippen LogP contribution < -0.4 is 0 Å². The van der Waals surface area contributed by atoms with Gasteiger partial charge in [0.25, 0.3) is 0 Å². The Morgan fingerprint density at radius 1 is 1.37 bits per heavy atom. The quantitative estimate of drug-likeness (QED) is 0.907. The molecule has 5 heteroatoms. The van der Waals surface area contributed by atoms with Gasteiger partial charge in [0.1, 0.15) is 0 Å². The SMILES string of the molecule is O=C(O)c1cccc(CN2CCn3cncc3C2)c1. The van der Waals surface area contributed by atoms with Crippen LogP contribution in [-0.2, 0) is 19.6 Å². The zero-order chi connectivity index (χ0) is 13.2. The van der Waals surface area contributed by atoms with Crippen molar-refractivity contribution in [3.63, 3.8) is 0 Å². The van der Waals surface area contributed by atoms with E-state index in [-0.39, 0.29) is 0 Å². The van der Waals surface area contributed by atoms with Crippen LogP contribution in [0, 0.1) is 0 Å². The number of carboxylic acid groups (broad SMARTS) is 1. The van der Waals surface area contributed by atoms with Crippen molar-refractivity contribution < 1.29 is 9.90 Å². The summed E-state index contributed by atoms with van der Waals surface area (Å²) in [7, 11) is 0. The Morgan fingerprint density at radius 2 is 2.26 bits per heavy atom. The van der Waals surface area contributed by atoms with Gasteiger partial charge in [-0.1, -0.05) is 12.1 Å². The van der Waals surface area contributed by atoms with Gasteiger partial charge in [0, 0.05) is 32.4 Å². The highest BCUT2D eigenvalue weighted by Gasteiger charge is 2.16. The normalized spacial score (nSPS) is 15.2. The van der Waals surface area contributed by atoms with E-state index in [4.69, 9.17) is 5.11 Å². The van der Waals surface area contributed by atoms with Gasteiger partial charge in [-0.15, -0.1) is 0 Å². The summed E-state index contributed by atoms with van der Waals surface area (Å²) in [6, 6.07) is 7.14. The lowest BCUT2D eigenvalue weighted by molar-refractivity contribution is 0.0696. The lowest BCUT2D eigenvalue weighted by Gasteiger charge is -2.28. The molecule has 0 aliphatic carbocycles. The number of hydrogen-bond donors (Lipinski definition) is 1. The Kier molecular flexibility index (Phi) is 3.05. The number of aromatic nitrogens is 2. The molecule has 1 aromatic heterocycles. The molecular formula is C14H15N3O2. The lowest BCUT2D eigenvalue weighted by atomic mass is 10.1. The van der Waals surface area contributed by atoms with Crippen molar-refractivity contribution in [1.82, 2.24) is 14.5 Å². The Balaban J connectivity index is 1.72. The number of imidazole rings is 1. The molecule has 0 unspecified atom stereocenters. The fraction of sp³-hybridized carbons (Fsp3) is 0.286. The summed E-state index contributed by atoms with van der Waals surface area (Å²) in [6.07, 6.45) is 3.75. The third kappa shape index (κ3) is 2.51. The third-order valence-corrected chi connectivity index (χ3v) is 3.42. The first-order valence-corrected chi connectivity index (χ1v) is 6.26. The first-order valence-electron chi connectivity index (χ1n) is 6.26. The molecule has 0 amide bonds. The van der Waals surface area contributed by atoms with Gasteiger partial charge < -0.3 is 9.67 Å². The smallest absolute Gasteiger partial charge is 0.335 e. The molecule has 0 bridgehead atoms. The summed E-state index contributed by atoms with van der Waals surface area (Å²) < 4.78 is 2.16. The van der Waals surface area contributed by atoms with E-state index in [1.807, 2.05) is 18.6 Å². The maximum absolute atomic E-state index is 10.9. The van der Waals surface area contributed by atoms with Gasteiger partial charge in [-0.05, 0) is 17.7 Å². The molecule has 1 N–H and O–H groups in total. The Morgan fingerprint density at radius 3 is 3.11 bits per heavy atom. The lowest BCUT2D eigenvalue weighted by Crippen LogP contribution is -2.32. The molecule has 1 aliphatic heterocycles. The molecule has 0 saturated heterocycles. The van der Waals surface area contributed by atoms with Gasteiger partial charge >= 0.3 is 5.97 Å². The highest BCUT2D eigenvalue weighted by molar-refractivity contribution is 5.87. The maximum atomic E-state index is 10.9. The van der Waals surface area contributed by atoms with E-state index in [0.717, 1.165) is 31.7 Å². The highest BCUT2D eigenvalue weighted by atomic mass is 16.4. The summed E-state index contributed by atoms with van der Waals surface area (Å²) in [6.45, 7) is 3.53. The molecule has 1 aromatic carbocycles. The van der Waals surface area contributed by atoms with Crippen molar-refractivity contribution in [1.29, 1.82) is 0 Å². The standard InChI is InChI=1S/C14H15N3O2/c18-14(19)12-3-1-2-11(6-12)8-16-4-5-17-10-15-7-13(17)9-16/h1-3,6-7,10H,4-5,8-9H2,(H,18,19). The van der Waals surface area contributed by atoms with Crippen LogP contribution in [0.5, 0.6) is 0 Å². The molecule has 5 nitrogen and oxygen atoms in total. The Hall–Kier alpha value is -2.14. The van der Waals surface area contributed by atoms with Crippen molar-refractivity contribution in [2.75, 3.05) is 6.54 Å². The minimum Gasteiger partial charge on any atom is -0.478 e. The highest BCUT2D eigenvalue weighted by Crippen LogP contribution is 2.15. The second kappa shape index (κ2) is 4.85. The van der Waals surface area contributed by atoms with E-state index < -0.39 is 5.97 Å². The molecule has 98 valence electrons. The van der Waals surface area contributed by atoms with Gasteiger partial charge in [-0.3, -0.25) is 4.90 Å². The van der Waals surface area contributed by atoms with E-state index in [1.165, 1.54) is 5.69 Å². The third-order valence-electron chi connectivity index (χ3n) is 3.42. The average Bonchev–Trinajstić information content (AvgIpc) is 2.86. The minimum atomic E-state index is -0.876. The predicted molar refractivity (Wildman–Crippen MR) is 69.7 cm³/mol. The van der Waals surface area contributed by atoms with Crippen molar-refractivity contribution in [2.24, 2.45) is 0 Å². The van der Waals surface area contributed by atoms with E-state index in [0.29, 0.717) is 5.56 Å². The molecule has 19 heavy (non-hydrogen) atoms. The number of rotatable bonds is 3. The zero-order valence-electron chi connectivity index (χ0n) is 10.5. The van der Waals surface area contributed by atoms with Crippen LogP contribution >= 0.6 is 0 Å². The zero-order valence-corrected chi connectivity index (χ0v) is 10.5. The minimum absolute atomic E-state index is 0.347. The van der Waals surface area contributed by atoms with Crippen molar-refractivity contribution in [2.45, 2.75) is 19.6 Å². The molecule has 0 radical (unpaired) electrons. The molecule has 3 rings (SSSR count). The van der Waals surface area contributed by atoms with Crippen LogP contribution in [0.3, 0.4) is 0 Å². The number of nitrogens with zero attached hydrogens (tertiary/aromatic N) is 3. The summed E-state index contributed by atoms with van der Waals surface area (Å²) in [4.78, 5) is 17.4. The molecule has 2 heterocycles. The van der Waals surface area contributed by atoms with E-state index in [1.54, 1.807) is 18.2 Å². The maximum Gasteiger partial charge on any atom is 0.335 e. The second-order valence-corrected chi connectivity index (χ2v) is 4.79. The molecule has 0 spiro atoms. The van der Waals surface area contributed by atoms with E-state index >= 15 is 0 Å². The second-order valence-electron chi connectivity index (χ2n) is 4.79.